The Hall–Kier alpha value is -2.25. The van der Waals surface area contributed by atoms with Crippen molar-refractivity contribution < 1.29 is 13.2 Å². The second kappa shape index (κ2) is 7.78. The maximum absolute atomic E-state index is 12.8. The van der Waals surface area contributed by atoms with E-state index in [2.05, 4.69) is 36.7 Å². The smallest absolute Gasteiger partial charge is 0.293 e. The van der Waals surface area contributed by atoms with E-state index in [9.17, 15) is 13.2 Å². The third-order valence-corrected chi connectivity index (χ3v) is 6.34. The molecule has 7 heteroatoms. The fourth-order valence-corrected chi connectivity index (χ4v) is 4.59. The Labute approximate surface area is 178 Å². The first-order valence-corrected chi connectivity index (χ1v) is 10.8. The zero-order valence-corrected chi connectivity index (χ0v) is 18.1. The average molecular weight is 432 g/mol. The van der Waals surface area contributed by atoms with Gasteiger partial charge in [-0.05, 0) is 29.8 Å². The molecule has 3 nitrogen and oxygen atoms in total. The van der Waals surface area contributed by atoms with E-state index in [-0.39, 0.29) is 5.41 Å². The zero-order chi connectivity index (χ0) is 21.5. The van der Waals surface area contributed by atoms with E-state index in [0.717, 1.165) is 60.1 Å². The maximum Gasteiger partial charge on any atom is 0.416 e. The molecule has 0 fully saturated rings. The number of fused-ring (bicyclic) bond motifs is 1. The molecule has 0 amide bonds. The molecule has 1 aliphatic rings. The van der Waals surface area contributed by atoms with Crippen LogP contribution in [0.15, 0.2) is 42.6 Å². The van der Waals surface area contributed by atoms with Gasteiger partial charge < -0.3 is 0 Å². The topological polar surface area (TPSA) is 29.0 Å². The second-order valence-corrected chi connectivity index (χ2v) is 9.89. The van der Waals surface area contributed by atoms with Crippen LogP contribution >= 0.6 is 11.3 Å². The summed E-state index contributed by atoms with van der Waals surface area (Å²) in [5.41, 5.74) is 2.45. The number of benzene rings is 1. The normalized spacial score (nSPS) is 15.3. The van der Waals surface area contributed by atoms with Gasteiger partial charge in [0.25, 0.3) is 0 Å². The van der Waals surface area contributed by atoms with Crippen molar-refractivity contribution in [2.75, 3.05) is 6.54 Å². The summed E-state index contributed by atoms with van der Waals surface area (Å²) in [6.45, 7) is 8.92. The van der Waals surface area contributed by atoms with Crippen LogP contribution in [-0.4, -0.2) is 21.4 Å². The summed E-state index contributed by atoms with van der Waals surface area (Å²) in [6, 6.07) is 9.41. The summed E-state index contributed by atoms with van der Waals surface area (Å²) in [5.74, 6) is 0.883. The molecule has 1 aliphatic heterocycles. The summed E-state index contributed by atoms with van der Waals surface area (Å²) in [6.07, 6.45) is -1.45. The molecule has 0 bridgehead atoms. The van der Waals surface area contributed by atoms with Gasteiger partial charge in [0.1, 0.15) is 5.82 Å². The Bertz CT molecular complexity index is 1030. The molecule has 158 valence electrons. The van der Waals surface area contributed by atoms with E-state index in [1.807, 2.05) is 12.3 Å². The number of halogens is 3. The molecule has 0 N–H and O–H groups in total. The van der Waals surface area contributed by atoms with Crippen LogP contribution < -0.4 is 0 Å². The standard InChI is InChI=1S/C23H24F3N3S/c1-22(2,3)21-27-12-16-13-29(11-10-19(16)28-21)14-18-8-9-20(30-18)15-4-6-17(7-5-15)23(24,25)26/h4-9,12H,10-11,13-14H2,1-3H3. The van der Waals surface area contributed by atoms with Gasteiger partial charge in [0.05, 0.1) is 5.56 Å². The zero-order valence-electron chi connectivity index (χ0n) is 17.3. The van der Waals surface area contributed by atoms with Crippen LogP contribution in [0.25, 0.3) is 10.4 Å². The summed E-state index contributed by atoms with van der Waals surface area (Å²) in [7, 11) is 0. The van der Waals surface area contributed by atoms with Gasteiger partial charge in [-0.3, -0.25) is 4.90 Å². The molecule has 1 aromatic carbocycles. The molecule has 4 rings (SSSR count). The van der Waals surface area contributed by atoms with E-state index < -0.39 is 11.7 Å². The van der Waals surface area contributed by atoms with Crippen molar-refractivity contribution in [2.24, 2.45) is 0 Å². The molecule has 0 saturated carbocycles. The van der Waals surface area contributed by atoms with E-state index in [4.69, 9.17) is 4.98 Å². The van der Waals surface area contributed by atoms with Gasteiger partial charge in [-0.15, -0.1) is 11.3 Å². The van der Waals surface area contributed by atoms with Crippen LogP contribution in [0, 0.1) is 0 Å². The molecule has 0 aliphatic carbocycles. The van der Waals surface area contributed by atoms with Crippen molar-refractivity contribution in [3.63, 3.8) is 0 Å². The van der Waals surface area contributed by atoms with Crippen molar-refractivity contribution >= 4 is 11.3 Å². The predicted molar refractivity (Wildman–Crippen MR) is 113 cm³/mol. The van der Waals surface area contributed by atoms with E-state index in [1.165, 1.54) is 10.4 Å². The Balaban J connectivity index is 1.43. The molecule has 0 saturated heterocycles. The first-order chi connectivity index (χ1) is 14.1. The summed E-state index contributed by atoms with van der Waals surface area (Å²) in [4.78, 5) is 13.9. The van der Waals surface area contributed by atoms with Crippen LogP contribution in [0.1, 0.15) is 48.3 Å². The molecular formula is C23H24F3N3S. The Kier molecular flexibility index (Phi) is 5.45. The fraction of sp³-hybridized carbons (Fsp3) is 0.391. The minimum atomic E-state index is -4.30. The highest BCUT2D eigenvalue weighted by Gasteiger charge is 2.30. The van der Waals surface area contributed by atoms with Gasteiger partial charge in [0.2, 0.25) is 0 Å². The molecule has 2 aromatic heterocycles. The molecular weight excluding hydrogens is 407 g/mol. The van der Waals surface area contributed by atoms with Crippen molar-refractivity contribution in [3.8, 4) is 10.4 Å². The Morgan fingerprint density at radius 1 is 1.03 bits per heavy atom. The van der Waals surface area contributed by atoms with Crippen LogP contribution in [0.2, 0.25) is 0 Å². The molecule has 0 unspecified atom stereocenters. The van der Waals surface area contributed by atoms with E-state index in [1.54, 1.807) is 23.5 Å². The lowest BCUT2D eigenvalue weighted by atomic mass is 9.95. The van der Waals surface area contributed by atoms with Crippen LogP contribution in [0.3, 0.4) is 0 Å². The number of hydrogen-bond donors (Lipinski definition) is 0. The third kappa shape index (κ3) is 4.57. The minimum Gasteiger partial charge on any atom is -0.293 e. The molecule has 3 aromatic rings. The van der Waals surface area contributed by atoms with Crippen LogP contribution in [0.4, 0.5) is 13.2 Å². The van der Waals surface area contributed by atoms with Crippen molar-refractivity contribution in [1.29, 1.82) is 0 Å². The lowest BCUT2D eigenvalue weighted by Crippen LogP contribution is -2.31. The highest BCUT2D eigenvalue weighted by molar-refractivity contribution is 7.15. The van der Waals surface area contributed by atoms with Gasteiger partial charge in [-0.1, -0.05) is 32.9 Å². The first-order valence-electron chi connectivity index (χ1n) is 9.93. The van der Waals surface area contributed by atoms with Crippen molar-refractivity contribution in [3.05, 3.63) is 70.1 Å². The predicted octanol–water partition coefficient (Wildman–Crippen LogP) is 6.08. The van der Waals surface area contributed by atoms with Gasteiger partial charge in [0, 0.05) is 58.7 Å². The van der Waals surface area contributed by atoms with Gasteiger partial charge >= 0.3 is 6.18 Å². The van der Waals surface area contributed by atoms with Gasteiger partial charge in [0.15, 0.2) is 0 Å². The van der Waals surface area contributed by atoms with Gasteiger partial charge in [-0.2, -0.15) is 13.2 Å². The van der Waals surface area contributed by atoms with Crippen LogP contribution in [0.5, 0.6) is 0 Å². The molecule has 0 radical (unpaired) electrons. The fourth-order valence-electron chi connectivity index (χ4n) is 3.53. The number of rotatable bonds is 3. The van der Waals surface area contributed by atoms with Crippen LogP contribution in [-0.2, 0) is 31.1 Å². The van der Waals surface area contributed by atoms with E-state index >= 15 is 0 Å². The second-order valence-electron chi connectivity index (χ2n) is 8.72. The average Bonchev–Trinajstić information content (AvgIpc) is 3.15. The minimum absolute atomic E-state index is 0.0577. The SMILES string of the molecule is CC(C)(C)c1ncc2c(n1)CCN(Cc1ccc(-c3ccc(C(F)(F)F)cc3)s1)C2. The quantitative estimate of drug-likeness (QED) is 0.503. The number of alkyl halides is 3. The number of nitrogens with zero attached hydrogens (tertiary/aromatic N) is 3. The Morgan fingerprint density at radius 3 is 2.43 bits per heavy atom. The highest BCUT2D eigenvalue weighted by Crippen LogP contribution is 2.34. The van der Waals surface area contributed by atoms with Crippen molar-refractivity contribution in [2.45, 2.75) is 51.9 Å². The molecule has 0 atom stereocenters. The Morgan fingerprint density at radius 2 is 1.77 bits per heavy atom. The third-order valence-electron chi connectivity index (χ3n) is 5.22. The first kappa shape index (κ1) is 21.0. The number of thiophene rings is 1. The summed E-state index contributed by atoms with van der Waals surface area (Å²) >= 11 is 1.63. The summed E-state index contributed by atoms with van der Waals surface area (Å²) in [5, 5.41) is 0. The van der Waals surface area contributed by atoms with E-state index in [0.29, 0.717) is 0 Å². The molecule has 3 heterocycles. The maximum atomic E-state index is 12.8. The lowest BCUT2D eigenvalue weighted by molar-refractivity contribution is -0.137. The monoisotopic (exact) mass is 431 g/mol. The molecule has 0 spiro atoms. The summed E-state index contributed by atoms with van der Waals surface area (Å²) < 4.78 is 38.3. The van der Waals surface area contributed by atoms with Gasteiger partial charge in [-0.25, -0.2) is 9.97 Å². The number of aromatic nitrogens is 2. The van der Waals surface area contributed by atoms with Crippen molar-refractivity contribution in [1.82, 2.24) is 14.9 Å². The molecule has 30 heavy (non-hydrogen) atoms. The highest BCUT2D eigenvalue weighted by atomic mass is 32.1. The lowest BCUT2D eigenvalue weighted by Gasteiger charge is -2.28. The largest absolute Gasteiger partial charge is 0.416 e. The number of hydrogen-bond acceptors (Lipinski definition) is 4.